The summed E-state index contributed by atoms with van der Waals surface area (Å²) in [4.78, 5) is 2.47. The van der Waals surface area contributed by atoms with Crippen LogP contribution in [0.4, 0.5) is 0 Å². The molecule has 0 bridgehead atoms. The van der Waals surface area contributed by atoms with Crippen molar-refractivity contribution in [3.05, 3.63) is 35.4 Å². The van der Waals surface area contributed by atoms with Crippen LogP contribution < -0.4 is 5.32 Å². The quantitative estimate of drug-likeness (QED) is 0.732. The van der Waals surface area contributed by atoms with Gasteiger partial charge in [-0.25, -0.2) is 0 Å². The molecule has 0 heterocycles. The maximum absolute atomic E-state index is 3.62. The van der Waals surface area contributed by atoms with Crippen molar-refractivity contribution in [3.63, 3.8) is 0 Å². The summed E-state index contributed by atoms with van der Waals surface area (Å²) in [6.07, 6.45) is 2.51. The highest BCUT2D eigenvalue weighted by Gasteiger charge is 2.25. The van der Waals surface area contributed by atoms with Crippen molar-refractivity contribution in [2.75, 3.05) is 20.1 Å². The Morgan fingerprint density at radius 1 is 1.24 bits per heavy atom. The lowest BCUT2D eigenvalue weighted by atomic mass is 9.84. The number of benzene rings is 1. The first-order valence-electron chi connectivity index (χ1n) is 8.33. The highest BCUT2D eigenvalue weighted by molar-refractivity contribution is 5.25. The molecule has 1 aromatic carbocycles. The van der Waals surface area contributed by atoms with E-state index in [1.807, 2.05) is 0 Å². The van der Waals surface area contributed by atoms with E-state index in [9.17, 15) is 0 Å². The standard InChI is InChI=1S/C19H34N2/c1-7-12-19(5,14-20-16(2)3)15-21(6)13-18-11-9-8-10-17(18)4/h8-11,16,20H,7,12-15H2,1-6H3. The van der Waals surface area contributed by atoms with E-state index in [0.717, 1.165) is 19.6 Å². The third-order valence-electron chi connectivity index (χ3n) is 4.14. The molecule has 0 aromatic heterocycles. The third-order valence-corrected chi connectivity index (χ3v) is 4.14. The molecule has 2 nitrogen and oxygen atoms in total. The molecule has 1 unspecified atom stereocenters. The van der Waals surface area contributed by atoms with Crippen LogP contribution >= 0.6 is 0 Å². The Hall–Kier alpha value is -0.860. The molecular weight excluding hydrogens is 256 g/mol. The molecule has 120 valence electrons. The minimum absolute atomic E-state index is 0.344. The van der Waals surface area contributed by atoms with Crippen LogP contribution in [-0.4, -0.2) is 31.1 Å². The summed E-state index contributed by atoms with van der Waals surface area (Å²) in [5.41, 5.74) is 3.17. The predicted octanol–water partition coefficient (Wildman–Crippen LogP) is 4.23. The van der Waals surface area contributed by atoms with Crippen LogP contribution in [0.15, 0.2) is 24.3 Å². The zero-order chi connectivity index (χ0) is 15.9. The van der Waals surface area contributed by atoms with Crippen LogP contribution in [0.1, 0.15) is 51.7 Å². The zero-order valence-corrected chi connectivity index (χ0v) is 14.9. The monoisotopic (exact) mass is 290 g/mol. The van der Waals surface area contributed by atoms with Crippen molar-refractivity contribution in [3.8, 4) is 0 Å². The second-order valence-corrected chi connectivity index (χ2v) is 7.20. The zero-order valence-electron chi connectivity index (χ0n) is 14.9. The average molecular weight is 290 g/mol. The number of hydrogen-bond acceptors (Lipinski definition) is 2. The molecule has 0 radical (unpaired) electrons. The molecule has 0 fully saturated rings. The lowest BCUT2D eigenvalue weighted by Crippen LogP contribution is -2.42. The summed E-state index contributed by atoms with van der Waals surface area (Å²) in [6, 6.07) is 9.26. The highest BCUT2D eigenvalue weighted by atomic mass is 15.1. The van der Waals surface area contributed by atoms with E-state index in [2.05, 4.69) is 76.1 Å². The number of hydrogen-bond donors (Lipinski definition) is 1. The summed E-state index contributed by atoms with van der Waals surface area (Å²) in [5.74, 6) is 0. The SMILES string of the molecule is CCCC(C)(CNC(C)C)CN(C)Cc1ccccc1C. The van der Waals surface area contributed by atoms with Gasteiger partial charge in [-0.05, 0) is 36.9 Å². The first-order chi connectivity index (χ1) is 9.86. The van der Waals surface area contributed by atoms with Crippen molar-refractivity contribution >= 4 is 0 Å². The van der Waals surface area contributed by atoms with Gasteiger partial charge in [-0.15, -0.1) is 0 Å². The maximum Gasteiger partial charge on any atom is 0.0233 e. The van der Waals surface area contributed by atoms with Gasteiger partial charge in [-0.2, -0.15) is 0 Å². The molecule has 0 saturated heterocycles. The minimum atomic E-state index is 0.344. The van der Waals surface area contributed by atoms with Crippen molar-refractivity contribution < 1.29 is 0 Å². The van der Waals surface area contributed by atoms with Gasteiger partial charge in [-0.3, -0.25) is 0 Å². The van der Waals surface area contributed by atoms with Gasteiger partial charge < -0.3 is 10.2 Å². The first-order valence-corrected chi connectivity index (χ1v) is 8.33. The van der Waals surface area contributed by atoms with Crippen molar-refractivity contribution in [1.29, 1.82) is 0 Å². The average Bonchev–Trinajstić information content (AvgIpc) is 2.39. The normalized spacial score (nSPS) is 14.7. The predicted molar refractivity (Wildman–Crippen MR) is 93.7 cm³/mol. The molecule has 1 atom stereocenters. The van der Waals surface area contributed by atoms with E-state index in [0.29, 0.717) is 11.5 Å². The fourth-order valence-corrected chi connectivity index (χ4v) is 3.06. The van der Waals surface area contributed by atoms with Gasteiger partial charge in [0.25, 0.3) is 0 Å². The second kappa shape index (κ2) is 8.55. The van der Waals surface area contributed by atoms with Crippen LogP contribution in [0.25, 0.3) is 0 Å². The van der Waals surface area contributed by atoms with Gasteiger partial charge in [0.05, 0.1) is 0 Å². The fourth-order valence-electron chi connectivity index (χ4n) is 3.06. The molecule has 1 rings (SSSR count). The maximum atomic E-state index is 3.62. The summed E-state index contributed by atoms with van der Waals surface area (Å²) >= 11 is 0. The fraction of sp³-hybridized carbons (Fsp3) is 0.684. The smallest absolute Gasteiger partial charge is 0.0233 e. The molecule has 0 aliphatic heterocycles. The summed E-state index contributed by atoms with van der Waals surface area (Å²) in [6.45, 7) is 14.6. The van der Waals surface area contributed by atoms with E-state index in [-0.39, 0.29) is 0 Å². The summed E-state index contributed by atoms with van der Waals surface area (Å²) in [7, 11) is 2.25. The van der Waals surface area contributed by atoms with Gasteiger partial charge >= 0.3 is 0 Å². The number of nitrogens with one attached hydrogen (secondary N) is 1. The minimum Gasteiger partial charge on any atom is -0.314 e. The molecule has 1 aromatic rings. The van der Waals surface area contributed by atoms with Crippen LogP contribution in [0.2, 0.25) is 0 Å². The number of aryl methyl sites for hydroxylation is 1. The van der Waals surface area contributed by atoms with E-state index in [4.69, 9.17) is 0 Å². The molecule has 21 heavy (non-hydrogen) atoms. The topological polar surface area (TPSA) is 15.3 Å². The van der Waals surface area contributed by atoms with Gasteiger partial charge in [0.1, 0.15) is 0 Å². The molecule has 0 saturated carbocycles. The summed E-state index contributed by atoms with van der Waals surface area (Å²) < 4.78 is 0. The molecular formula is C19H34N2. The van der Waals surface area contributed by atoms with Gasteiger partial charge in [0, 0.05) is 25.7 Å². The molecule has 1 N–H and O–H groups in total. The Morgan fingerprint density at radius 3 is 2.48 bits per heavy atom. The molecule has 0 aliphatic carbocycles. The van der Waals surface area contributed by atoms with Gasteiger partial charge in [0.2, 0.25) is 0 Å². The van der Waals surface area contributed by atoms with Crippen molar-refractivity contribution in [1.82, 2.24) is 10.2 Å². The Kier molecular flexibility index (Phi) is 7.41. The Labute approximate surface area is 131 Å². The van der Waals surface area contributed by atoms with E-state index in [1.165, 1.54) is 24.0 Å². The molecule has 0 amide bonds. The second-order valence-electron chi connectivity index (χ2n) is 7.20. The van der Waals surface area contributed by atoms with Crippen molar-refractivity contribution in [2.24, 2.45) is 5.41 Å². The van der Waals surface area contributed by atoms with Crippen molar-refractivity contribution in [2.45, 2.75) is 60.0 Å². The van der Waals surface area contributed by atoms with E-state index < -0.39 is 0 Å². The van der Waals surface area contributed by atoms with Crippen LogP contribution in [0.5, 0.6) is 0 Å². The molecule has 0 aliphatic rings. The Balaban J connectivity index is 2.63. The molecule has 2 heteroatoms. The van der Waals surface area contributed by atoms with E-state index in [1.54, 1.807) is 0 Å². The number of rotatable bonds is 9. The first kappa shape index (κ1) is 18.2. The largest absolute Gasteiger partial charge is 0.314 e. The molecule has 0 spiro atoms. The lowest BCUT2D eigenvalue weighted by molar-refractivity contribution is 0.165. The van der Waals surface area contributed by atoms with Gasteiger partial charge in [0.15, 0.2) is 0 Å². The summed E-state index contributed by atoms with van der Waals surface area (Å²) in [5, 5.41) is 3.62. The van der Waals surface area contributed by atoms with Crippen LogP contribution in [0, 0.1) is 12.3 Å². The lowest BCUT2D eigenvalue weighted by Gasteiger charge is -2.35. The Morgan fingerprint density at radius 2 is 1.90 bits per heavy atom. The van der Waals surface area contributed by atoms with E-state index >= 15 is 0 Å². The van der Waals surface area contributed by atoms with Crippen LogP contribution in [-0.2, 0) is 6.54 Å². The third kappa shape index (κ3) is 6.62. The Bertz CT molecular complexity index is 414. The number of nitrogens with zero attached hydrogens (tertiary/aromatic N) is 1. The van der Waals surface area contributed by atoms with Gasteiger partial charge in [-0.1, -0.05) is 58.4 Å². The highest BCUT2D eigenvalue weighted by Crippen LogP contribution is 2.24. The van der Waals surface area contributed by atoms with Crippen LogP contribution in [0.3, 0.4) is 0 Å².